The molecule has 1 heterocycles. The molecule has 0 spiro atoms. The molecule has 0 saturated heterocycles. The molecule has 1 aromatic heterocycles. The Morgan fingerprint density at radius 1 is 1.28 bits per heavy atom. The minimum Gasteiger partial charge on any atom is -0.382 e. The van der Waals surface area contributed by atoms with E-state index >= 15 is 0 Å². The second-order valence-corrected chi connectivity index (χ2v) is 5.99. The van der Waals surface area contributed by atoms with Gasteiger partial charge in [-0.1, -0.05) is 26.3 Å². The van der Waals surface area contributed by atoms with Crippen molar-refractivity contribution in [3.05, 3.63) is 36.5 Å². The number of hydrogen-bond acceptors (Lipinski definition) is 2. The summed E-state index contributed by atoms with van der Waals surface area (Å²) in [5.41, 5.74) is 2.69. The van der Waals surface area contributed by atoms with E-state index in [2.05, 4.69) is 48.4 Å². The minimum atomic E-state index is 0.407. The van der Waals surface area contributed by atoms with Crippen LogP contribution in [0.25, 0.3) is 10.9 Å². The van der Waals surface area contributed by atoms with Crippen LogP contribution in [0.5, 0.6) is 0 Å². The predicted molar refractivity (Wildman–Crippen MR) is 76.8 cm³/mol. The topological polar surface area (TPSA) is 24.9 Å². The Morgan fingerprint density at radius 3 is 2.94 bits per heavy atom. The molecule has 1 aliphatic carbocycles. The molecular formula is C16H20N2. The molecule has 1 unspecified atom stereocenters. The lowest BCUT2D eigenvalue weighted by molar-refractivity contribution is 0.350. The zero-order chi connectivity index (χ0) is 12.6. The molecule has 0 aliphatic heterocycles. The van der Waals surface area contributed by atoms with Crippen LogP contribution < -0.4 is 5.32 Å². The van der Waals surface area contributed by atoms with Crippen molar-refractivity contribution in [3.63, 3.8) is 0 Å². The van der Waals surface area contributed by atoms with E-state index < -0.39 is 0 Å². The molecule has 1 N–H and O–H groups in total. The number of nitrogens with one attached hydrogen (secondary N) is 1. The monoisotopic (exact) mass is 240 g/mol. The average Bonchev–Trinajstić information content (AvgIpc) is 2.69. The molecule has 94 valence electrons. The fourth-order valence-corrected chi connectivity index (χ4v) is 2.96. The van der Waals surface area contributed by atoms with Gasteiger partial charge in [0.1, 0.15) is 0 Å². The van der Waals surface area contributed by atoms with Gasteiger partial charge in [0, 0.05) is 23.3 Å². The van der Waals surface area contributed by atoms with Crippen molar-refractivity contribution in [1.29, 1.82) is 0 Å². The highest BCUT2D eigenvalue weighted by molar-refractivity contribution is 5.82. The summed E-state index contributed by atoms with van der Waals surface area (Å²) in [5, 5.41) is 4.90. The van der Waals surface area contributed by atoms with Gasteiger partial charge in [0.2, 0.25) is 0 Å². The maximum Gasteiger partial charge on any atom is 0.0703 e. The number of nitrogens with zero attached hydrogens (tertiary/aromatic N) is 1. The molecule has 2 nitrogen and oxygen atoms in total. The van der Waals surface area contributed by atoms with E-state index in [-0.39, 0.29) is 0 Å². The van der Waals surface area contributed by atoms with E-state index in [1.807, 2.05) is 12.3 Å². The average molecular weight is 240 g/mol. The molecule has 1 saturated carbocycles. The van der Waals surface area contributed by atoms with Crippen LogP contribution in [0.15, 0.2) is 36.5 Å². The minimum absolute atomic E-state index is 0.407. The van der Waals surface area contributed by atoms with Gasteiger partial charge in [0.25, 0.3) is 0 Å². The van der Waals surface area contributed by atoms with Gasteiger partial charge in [-0.15, -0.1) is 0 Å². The van der Waals surface area contributed by atoms with Gasteiger partial charge in [-0.25, -0.2) is 0 Å². The molecule has 0 radical (unpaired) electrons. The highest BCUT2D eigenvalue weighted by Crippen LogP contribution is 2.39. The molecule has 2 heteroatoms. The number of hydrogen-bond donors (Lipinski definition) is 1. The standard InChI is InChI=1S/C16H20N2/c1-16(2)9-3-6-15(16)18-13-7-8-14-12(11-13)5-4-10-17-14/h4-5,7-8,10-11,15,18H,3,6,9H2,1-2H3. The molecule has 2 aromatic rings. The van der Waals surface area contributed by atoms with Crippen LogP contribution in [0, 0.1) is 5.41 Å². The third-order valence-electron chi connectivity index (χ3n) is 4.20. The summed E-state index contributed by atoms with van der Waals surface area (Å²) in [6, 6.07) is 11.1. The van der Waals surface area contributed by atoms with Gasteiger partial charge < -0.3 is 5.32 Å². The lowest BCUT2D eigenvalue weighted by atomic mass is 9.87. The summed E-state index contributed by atoms with van der Waals surface area (Å²) in [5.74, 6) is 0. The molecular weight excluding hydrogens is 220 g/mol. The van der Waals surface area contributed by atoms with Gasteiger partial charge in [0.15, 0.2) is 0 Å². The molecule has 18 heavy (non-hydrogen) atoms. The zero-order valence-corrected chi connectivity index (χ0v) is 11.1. The van der Waals surface area contributed by atoms with Crippen molar-refractivity contribution in [3.8, 4) is 0 Å². The van der Waals surface area contributed by atoms with Crippen LogP contribution in [-0.4, -0.2) is 11.0 Å². The van der Waals surface area contributed by atoms with E-state index in [0.717, 1.165) is 5.52 Å². The first kappa shape index (κ1) is 11.5. The van der Waals surface area contributed by atoms with Crippen LogP contribution in [0.3, 0.4) is 0 Å². The lowest BCUT2D eigenvalue weighted by Crippen LogP contribution is -2.30. The highest BCUT2D eigenvalue weighted by Gasteiger charge is 2.34. The Labute approximate surface area is 108 Å². The number of rotatable bonds is 2. The molecule has 1 aliphatic rings. The fourth-order valence-electron chi connectivity index (χ4n) is 2.96. The highest BCUT2D eigenvalue weighted by atomic mass is 14.9. The van der Waals surface area contributed by atoms with Crippen molar-refractivity contribution >= 4 is 16.6 Å². The summed E-state index contributed by atoms with van der Waals surface area (Å²) < 4.78 is 0. The van der Waals surface area contributed by atoms with E-state index in [9.17, 15) is 0 Å². The molecule has 0 amide bonds. The summed E-state index contributed by atoms with van der Waals surface area (Å²) in [6.07, 6.45) is 5.77. The zero-order valence-electron chi connectivity index (χ0n) is 11.1. The molecule has 1 atom stereocenters. The van der Waals surface area contributed by atoms with E-state index in [1.165, 1.54) is 30.3 Å². The van der Waals surface area contributed by atoms with Gasteiger partial charge in [-0.05, 0) is 42.5 Å². The van der Waals surface area contributed by atoms with Crippen LogP contribution >= 0.6 is 0 Å². The SMILES string of the molecule is CC1(C)CCCC1Nc1ccc2ncccc2c1. The van der Waals surface area contributed by atoms with Crippen LogP contribution in [-0.2, 0) is 0 Å². The first-order valence-corrected chi connectivity index (χ1v) is 6.76. The van der Waals surface area contributed by atoms with Crippen molar-refractivity contribution in [1.82, 2.24) is 4.98 Å². The van der Waals surface area contributed by atoms with Crippen LogP contribution in [0.2, 0.25) is 0 Å². The Bertz CT molecular complexity index is 560. The Balaban J connectivity index is 1.87. The summed E-state index contributed by atoms with van der Waals surface area (Å²) in [6.45, 7) is 4.72. The second kappa shape index (κ2) is 4.27. The smallest absolute Gasteiger partial charge is 0.0703 e. The summed E-state index contributed by atoms with van der Waals surface area (Å²) in [7, 11) is 0. The molecule has 0 bridgehead atoms. The van der Waals surface area contributed by atoms with Crippen LogP contribution in [0.4, 0.5) is 5.69 Å². The van der Waals surface area contributed by atoms with Crippen molar-refractivity contribution < 1.29 is 0 Å². The lowest BCUT2D eigenvalue weighted by Gasteiger charge is -2.28. The molecule has 3 rings (SSSR count). The van der Waals surface area contributed by atoms with Crippen molar-refractivity contribution in [2.45, 2.75) is 39.2 Å². The number of anilines is 1. The normalized spacial score (nSPS) is 22.2. The van der Waals surface area contributed by atoms with Crippen molar-refractivity contribution in [2.75, 3.05) is 5.32 Å². The summed E-state index contributed by atoms with van der Waals surface area (Å²) in [4.78, 5) is 4.35. The second-order valence-electron chi connectivity index (χ2n) is 5.99. The fraction of sp³-hybridized carbons (Fsp3) is 0.438. The Kier molecular flexibility index (Phi) is 2.73. The van der Waals surface area contributed by atoms with E-state index in [4.69, 9.17) is 0 Å². The Morgan fingerprint density at radius 2 is 2.17 bits per heavy atom. The van der Waals surface area contributed by atoms with E-state index in [0.29, 0.717) is 11.5 Å². The maximum absolute atomic E-state index is 4.35. The largest absolute Gasteiger partial charge is 0.382 e. The van der Waals surface area contributed by atoms with Gasteiger partial charge >= 0.3 is 0 Å². The Hall–Kier alpha value is -1.57. The van der Waals surface area contributed by atoms with Gasteiger partial charge in [-0.3, -0.25) is 4.98 Å². The number of pyridine rings is 1. The number of aromatic nitrogens is 1. The third-order valence-corrected chi connectivity index (χ3v) is 4.20. The van der Waals surface area contributed by atoms with Crippen molar-refractivity contribution in [2.24, 2.45) is 5.41 Å². The van der Waals surface area contributed by atoms with E-state index in [1.54, 1.807) is 0 Å². The maximum atomic E-state index is 4.35. The quantitative estimate of drug-likeness (QED) is 0.850. The summed E-state index contributed by atoms with van der Waals surface area (Å²) >= 11 is 0. The molecule has 1 fully saturated rings. The number of fused-ring (bicyclic) bond motifs is 1. The first-order valence-electron chi connectivity index (χ1n) is 6.76. The molecule has 1 aromatic carbocycles. The number of benzene rings is 1. The van der Waals surface area contributed by atoms with Gasteiger partial charge in [0.05, 0.1) is 5.52 Å². The third kappa shape index (κ3) is 2.07. The predicted octanol–water partition coefficient (Wildman–Crippen LogP) is 4.23. The van der Waals surface area contributed by atoms with Gasteiger partial charge in [-0.2, -0.15) is 0 Å². The first-order chi connectivity index (χ1) is 8.65. The van der Waals surface area contributed by atoms with Crippen LogP contribution in [0.1, 0.15) is 33.1 Å².